The van der Waals surface area contributed by atoms with E-state index >= 15 is 0 Å². The average Bonchev–Trinajstić information content (AvgIpc) is 2.96. The Labute approximate surface area is 87.2 Å². The van der Waals surface area contributed by atoms with Crippen molar-refractivity contribution < 1.29 is 4.39 Å². The van der Waals surface area contributed by atoms with Crippen molar-refractivity contribution in [1.29, 1.82) is 0 Å². The molecule has 1 aromatic carbocycles. The van der Waals surface area contributed by atoms with Crippen molar-refractivity contribution in [3.63, 3.8) is 0 Å². The lowest BCUT2D eigenvalue weighted by Gasteiger charge is -2.15. The normalized spacial score (nSPS) is 18.2. The highest BCUT2D eigenvalue weighted by molar-refractivity contribution is 6.30. The summed E-state index contributed by atoms with van der Waals surface area (Å²) in [5.74, 6) is 5.63. The molecule has 1 fully saturated rings. The van der Waals surface area contributed by atoms with Crippen LogP contribution in [0.15, 0.2) is 18.2 Å². The summed E-state index contributed by atoms with van der Waals surface area (Å²) in [5, 5.41) is 0.156. The zero-order valence-corrected chi connectivity index (χ0v) is 8.39. The Balaban J connectivity index is 2.25. The van der Waals surface area contributed by atoms with Gasteiger partial charge in [-0.2, -0.15) is 0 Å². The Bertz CT molecular complexity index is 339. The monoisotopic (exact) mass is 214 g/mol. The summed E-state index contributed by atoms with van der Waals surface area (Å²) in [5.41, 5.74) is 3.71. The van der Waals surface area contributed by atoms with E-state index in [0.29, 0.717) is 5.92 Å². The molecule has 1 aromatic rings. The predicted octanol–water partition coefficient (Wildman–Crippen LogP) is 2.39. The number of nitrogens with two attached hydrogens (primary N) is 1. The first kappa shape index (κ1) is 9.90. The summed E-state index contributed by atoms with van der Waals surface area (Å²) in [4.78, 5) is 0. The predicted molar refractivity (Wildman–Crippen MR) is 54.2 cm³/mol. The summed E-state index contributed by atoms with van der Waals surface area (Å²) in [6.45, 7) is 0. The lowest BCUT2D eigenvalue weighted by atomic mass is 10.0. The summed E-state index contributed by atoms with van der Waals surface area (Å²) in [7, 11) is 0. The fourth-order valence-electron chi connectivity index (χ4n) is 1.64. The van der Waals surface area contributed by atoms with E-state index in [1.54, 1.807) is 12.1 Å². The molecule has 0 saturated heterocycles. The molecule has 1 saturated carbocycles. The molecule has 0 spiro atoms. The zero-order valence-electron chi connectivity index (χ0n) is 7.63. The van der Waals surface area contributed by atoms with Gasteiger partial charge in [0, 0.05) is 6.04 Å². The second kappa shape index (κ2) is 3.85. The summed E-state index contributed by atoms with van der Waals surface area (Å²) < 4.78 is 12.9. The molecule has 1 aliphatic carbocycles. The van der Waals surface area contributed by atoms with Crippen molar-refractivity contribution in [2.24, 2.45) is 11.8 Å². The Morgan fingerprint density at radius 1 is 1.50 bits per heavy atom. The molecule has 0 amide bonds. The van der Waals surface area contributed by atoms with Crippen molar-refractivity contribution in [2.45, 2.75) is 18.9 Å². The first-order valence-electron chi connectivity index (χ1n) is 4.63. The van der Waals surface area contributed by atoms with E-state index in [0.717, 1.165) is 5.56 Å². The second-order valence-corrected chi connectivity index (χ2v) is 4.06. The van der Waals surface area contributed by atoms with Crippen LogP contribution in [0, 0.1) is 11.7 Å². The van der Waals surface area contributed by atoms with Gasteiger partial charge in [0.05, 0.1) is 5.02 Å². The Morgan fingerprint density at radius 2 is 2.21 bits per heavy atom. The van der Waals surface area contributed by atoms with Crippen molar-refractivity contribution in [2.75, 3.05) is 0 Å². The molecule has 0 aromatic heterocycles. The first-order valence-corrected chi connectivity index (χ1v) is 5.01. The third kappa shape index (κ3) is 1.90. The molecule has 1 unspecified atom stereocenters. The molecule has 2 rings (SSSR count). The molecule has 0 bridgehead atoms. The minimum Gasteiger partial charge on any atom is -0.271 e. The van der Waals surface area contributed by atoms with Crippen LogP contribution in [0.1, 0.15) is 24.4 Å². The summed E-state index contributed by atoms with van der Waals surface area (Å²) in [6.07, 6.45) is 2.34. The molecule has 3 N–H and O–H groups in total. The molecular weight excluding hydrogens is 203 g/mol. The Kier molecular flexibility index (Phi) is 2.72. The molecule has 2 nitrogen and oxygen atoms in total. The van der Waals surface area contributed by atoms with Crippen LogP contribution < -0.4 is 11.3 Å². The molecule has 0 heterocycles. The van der Waals surface area contributed by atoms with Crippen LogP contribution in [0.3, 0.4) is 0 Å². The van der Waals surface area contributed by atoms with Crippen molar-refractivity contribution >= 4 is 11.6 Å². The second-order valence-electron chi connectivity index (χ2n) is 3.66. The number of rotatable bonds is 3. The maximum atomic E-state index is 12.9. The highest BCUT2D eigenvalue weighted by Gasteiger charge is 2.31. The topological polar surface area (TPSA) is 38.0 Å². The van der Waals surface area contributed by atoms with Gasteiger partial charge in [-0.15, -0.1) is 0 Å². The zero-order chi connectivity index (χ0) is 10.1. The number of hydrogen-bond acceptors (Lipinski definition) is 2. The largest absolute Gasteiger partial charge is 0.271 e. The van der Waals surface area contributed by atoms with Gasteiger partial charge in [-0.25, -0.2) is 4.39 Å². The molecule has 14 heavy (non-hydrogen) atoms. The molecular formula is C10H12ClFN2. The van der Waals surface area contributed by atoms with Crippen molar-refractivity contribution in [1.82, 2.24) is 5.43 Å². The van der Waals surface area contributed by atoms with E-state index in [-0.39, 0.29) is 16.9 Å². The van der Waals surface area contributed by atoms with Gasteiger partial charge in [0.25, 0.3) is 0 Å². The molecule has 0 radical (unpaired) electrons. The van der Waals surface area contributed by atoms with Crippen molar-refractivity contribution in [3.8, 4) is 0 Å². The van der Waals surface area contributed by atoms with Crippen LogP contribution in [0.25, 0.3) is 0 Å². The smallest absolute Gasteiger partial charge is 0.141 e. The van der Waals surface area contributed by atoms with Gasteiger partial charge >= 0.3 is 0 Å². The van der Waals surface area contributed by atoms with E-state index in [1.807, 2.05) is 0 Å². The lowest BCUT2D eigenvalue weighted by Crippen LogP contribution is -2.29. The van der Waals surface area contributed by atoms with Crippen LogP contribution in [-0.2, 0) is 0 Å². The highest BCUT2D eigenvalue weighted by Crippen LogP contribution is 2.41. The van der Waals surface area contributed by atoms with Gasteiger partial charge in [0.15, 0.2) is 0 Å². The van der Waals surface area contributed by atoms with Gasteiger partial charge in [-0.1, -0.05) is 17.7 Å². The Hall–Kier alpha value is -0.640. The van der Waals surface area contributed by atoms with Crippen LogP contribution in [-0.4, -0.2) is 0 Å². The molecule has 1 atom stereocenters. The standard InChI is InChI=1S/C10H12ClFN2/c11-8-5-7(3-4-9(8)12)10(14-13)6-1-2-6/h3-6,10,14H,1-2,13H2. The minimum atomic E-state index is -0.387. The molecule has 0 aliphatic heterocycles. The molecule has 4 heteroatoms. The van der Waals surface area contributed by atoms with Gasteiger partial charge in [-0.05, 0) is 36.5 Å². The van der Waals surface area contributed by atoms with Gasteiger partial charge < -0.3 is 0 Å². The maximum Gasteiger partial charge on any atom is 0.141 e. The molecule has 1 aliphatic rings. The van der Waals surface area contributed by atoms with E-state index in [9.17, 15) is 4.39 Å². The van der Waals surface area contributed by atoms with E-state index in [4.69, 9.17) is 17.4 Å². The van der Waals surface area contributed by atoms with Crippen LogP contribution in [0.2, 0.25) is 5.02 Å². The third-order valence-electron chi connectivity index (χ3n) is 2.58. The van der Waals surface area contributed by atoms with Crippen molar-refractivity contribution in [3.05, 3.63) is 34.6 Å². The minimum absolute atomic E-state index is 0.105. The average molecular weight is 215 g/mol. The van der Waals surface area contributed by atoms with Crippen LogP contribution in [0.4, 0.5) is 4.39 Å². The lowest BCUT2D eigenvalue weighted by molar-refractivity contribution is 0.495. The van der Waals surface area contributed by atoms with Gasteiger partial charge in [0.2, 0.25) is 0 Å². The van der Waals surface area contributed by atoms with Crippen LogP contribution >= 0.6 is 11.6 Å². The van der Waals surface area contributed by atoms with E-state index in [2.05, 4.69) is 5.43 Å². The Morgan fingerprint density at radius 3 is 2.71 bits per heavy atom. The number of hydrazine groups is 1. The number of benzene rings is 1. The maximum absolute atomic E-state index is 12.9. The van der Waals surface area contributed by atoms with E-state index < -0.39 is 0 Å². The first-order chi connectivity index (χ1) is 6.72. The SMILES string of the molecule is NNC(c1ccc(F)c(Cl)c1)C1CC1. The molecule has 76 valence electrons. The van der Waals surface area contributed by atoms with E-state index in [1.165, 1.54) is 18.9 Å². The van der Waals surface area contributed by atoms with Gasteiger partial charge in [-0.3, -0.25) is 11.3 Å². The highest BCUT2D eigenvalue weighted by atomic mass is 35.5. The van der Waals surface area contributed by atoms with Gasteiger partial charge in [0.1, 0.15) is 5.82 Å². The number of nitrogens with one attached hydrogen (secondary N) is 1. The number of halogens is 2. The third-order valence-corrected chi connectivity index (χ3v) is 2.87. The number of hydrogen-bond donors (Lipinski definition) is 2. The van der Waals surface area contributed by atoms with Crippen LogP contribution in [0.5, 0.6) is 0 Å². The fourth-order valence-corrected chi connectivity index (χ4v) is 1.83. The quantitative estimate of drug-likeness (QED) is 0.599. The summed E-state index contributed by atoms with van der Waals surface area (Å²) in [6, 6.07) is 4.85. The summed E-state index contributed by atoms with van der Waals surface area (Å²) >= 11 is 5.70. The fraction of sp³-hybridized carbons (Fsp3) is 0.400.